The van der Waals surface area contributed by atoms with E-state index in [1.54, 1.807) is 24.3 Å². The summed E-state index contributed by atoms with van der Waals surface area (Å²) in [6.45, 7) is 4.01. The Balaban J connectivity index is 2.61. The van der Waals surface area contributed by atoms with Gasteiger partial charge in [-0.15, -0.1) is 0 Å². The maximum Gasteiger partial charge on any atom is 0.412 e. The van der Waals surface area contributed by atoms with Crippen molar-refractivity contribution in [2.45, 2.75) is 33.1 Å². The van der Waals surface area contributed by atoms with E-state index in [9.17, 15) is 9.59 Å². The van der Waals surface area contributed by atoms with E-state index in [-0.39, 0.29) is 11.8 Å². The molecule has 0 spiro atoms. The molecule has 5 heteroatoms. The zero-order valence-corrected chi connectivity index (χ0v) is 12.2. The molecule has 0 radical (unpaired) electrons. The molecule has 0 saturated heterocycles. The summed E-state index contributed by atoms with van der Waals surface area (Å²) in [5.74, 6) is 0.345. The summed E-state index contributed by atoms with van der Waals surface area (Å²) < 4.78 is 5.01. The molecule has 2 amide bonds. The van der Waals surface area contributed by atoms with Gasteiger partial charge in [-0.2, -0.15) is 0 Å². The van der Waals surface area contributed by atoms with Crippen molar-refractivity contribution in [2.24, 2.45) is 5.92 Å². The van der Waals surface area contributed by atoms with Crippen LogP contribution in [0.3, 0.4) is 0 Å². The van der Waals surface area contributed by atoms with E-state index in [0.29, 0.717) is 11.4 Å². The van der Waals surface area contributed by atoms with Crippen LogP contribution in [-0.4, -0.2) is 19.0 Å². The molecule has 0 aliphatic carbocycles. The van der Waals surface area contributed by atoms with E-state index in [2.05, 4.69) is 17.6 Å². The number of hydrogen-bond acceptors (Lipinski definition) is 3. The van der Waals surface area contributed by atoms with Crippen molar-refractivity contribution in [1.82, 2.24) is 5.32 Å². The lowest BCUT2D eigenvalue weighted by atomic mass is 10.0. The minimum Gasteiger partial charge on any atom is -0.410 e. The second kappa shape index (κ2) is 8.19. The number of carbonyl (C=O) groups is 2. The number of unbranched alkanes of at least 4 members (excludes halogenated alkanes) is 1. The van der Waals surface area contributed by atoms with Crippen LogP contribution in [0.2, 0.25) is 0 Å². The van der Waals surface area contributed by atoms with Gasteiger partial charge in [-0.05, 0) is 18.6 Å². The molecule has 0 aliphatic heterocycles. The van der Waals surface area contributed by atoms with E-state index in [1.165, 1.54) is 7.05 Å². The molecule has 20 heavy (non-hydrogen) atoms. The highest BCUT2D eigenvalue weighted by atomic mass is 16.5. The first-order valence-electron chi connectivity index (χ1n) is 6.87. The summed E-state index contributed by atoms with van der Waals surface area (Å²) >= 11 is 0. The summed E-state index contributed by atoms with van der Waals surface area (Å²) in [5.41, 5.74) is 0.625. The highest BCUT2D eigenvalue weighted by Gasteiger charge is 2.12. The van der Waals surface area contributed by atoms with Gasteiger partial charge in [0, 0.05) is 24.7 Å². The average molecular weight is 278 g/mol. The van der Waals surface area contributed by atoms with Crippen LogP contribution >= 0.6 is 0 Å². The average Bonchev–Trinajstić information content (AvgIpc) is 2.44. The third kappa shape index (κ3) is 5.30. The molecular weight excluding hydrogens is 256 g/mol. The lowest BCUT2D eigenvalue weighted by Gasteiger charge is -2.12. The number of amides is 2. The molecule has 0 aromatic heterocycles. The van der Waals surface area contributed by atoms with Crippen molar-refractivity contribution >= 4 is 17.7 Å². The lowest BCUT2D eigenvalue weighted by Crippen LogP contribution is -2.22. The van der Waals surface area contributed by atoms with E-state index in [4.69, 9.17) is 4.74 Å². The van der Waals surface area contributed by atoms with Gasteiger partial charge in [0.05, 0.1) is 0 Å². The Hall–Kier alpha value is -2.04. The Bertz CT molecular complexity index is 460. The van der Waals surface area contributed by atoms with Crippen LogP contribution in [0.15, 0.2) is 24.3 Å². The molecule has 0 aliphatic rings. The van der Waals surface area contributed by atoms with E-state index in [0.717, 1.165) is 19.3 Å². The van der Waals surface area contributed by atoms with E-state index in [1.807, 2.05) is 6.92 Å². The Morgan fingerprint density at radius 1 is 1.35 bits per heavy atom. The summed E-state index contributed by atoms with van der Waals surface area (Å²) in [6.07, 6.45) is 2.45. The van der Waals surface area contributed by atoms with Crippen LogP contribution in [0.1, 0.15) is 33.1 Å². The van der Waals surface area contributed by atoms with Crippen LogP contribution in [0.4, 0.5) is 10.5 Å². The molecule has 1 rings (SSSR count). The van der Waals surface area contributed by atoms with Gasteiger partial charge in [0.1, 0.15) is 5.75 Å². The Morgan fingerprint density at radius 3 is 2.75 bits per heavy atom. The highest BCUT2D eigenvalue weighted by Crippen LogP contribution is 2.19. The zero-order valence-electron chi connectivity index (χ0n) is 12.2. The fourth-order valence-electron chi connectivity index (χ4n) is 1.70. The largest absolute Gasteiger partial charge is 0.412 e. The SMILES string of the molecule is CCCCC(C)C(=O)Nc1cccc(OC(=O)NC)c1. The van der Waals surface area contributed by atoms with Crippen molar-refractivity contribution < 1.29 is 14.3 Å². The third-order valence-electron chi connectivity index (χ3n) is 2.95. The van der Waals surface area contributed by atoms with Crippen molar-refractivity contribution in [1.29, 1.82) is 0 Å². The topological polar surface area (TPSA) is 67.4 Å². The molecule has 110 valence electrons. The van der Waals surface area contributed by atoms with Gasteiger partial charge < -0.3 is 15.4 Å². The van der Waals surface area contributed by atoms with Crippen LogP contribution in [-0.2, 0) is 4.79 Å². The normalized spacial score (nSPS) is 11.6. The molecule has 0 bridgehead atoms. The monoisotopic (exact) mass is 278 g/mol. The predicted octanol–water partition coefficient (Wildman–Crippen LogP) is 3.17. The molecule has 1 atom stereocenters. The molecule has 5 nitrogen and oxygen atoms in total. The van der Waals surface area contributed by atoms with Crippen LogP contribution in [0.25, 0.3) is 0 Å². The quantitative estimate of drug-likeness (QED) is 0.839. The van der Waals surface area contributed by atoms with Crippen molar-refractivity contribution in [3.8, 4) is 5.75 Å². The second-order valence-corrected chi connectivity index (χ2v) is 4.70. The van der Waals surface area contributed by atoms with E-state index < -0.39 is 6.09 Å². The predicted molar refractivity (Wildman–Crippen MR) is 78.8 cm³/mol. The first-order chi connectivity index (χ1) is 9.56. The van der Waals surface area contributed by atoms with Gasteiger partial charge in [-0.3, -0.25) is 4.79 Å². The molecule has 1 unspecified atom stereocenters. The maximum absolute atomic E-state index is 12.0. The van der Waals surface area contributed by atoms with Gasteiger partial charge in [0.15, 0.2) is 0 Å². The number of carbonyl (C=O) groups excluding carboxylic acids is 2. The first-order valence-corrected chi connectivity index (χ1v) is 6.87. The highest BCUT2D eigenvalue weighted by molar-refractivity contribution is 5.92. The van der Waals surface area contributed by atoms with E-state index >= 15 is 0 Å². The molecule has 1 aromatic carbocycles. The van der Waals surface area contributed by atoms with Crippen molar-refractivity contribution in [3.05, 3.63) is 24.3 Å². The molecule has 0 saturated carbocycles. The number of hydrogen-bond donors (Lipinski definition) is 2. The molecule has 1 aromatic rings. The summed E-state index contributed by atoms with van der Waals surface area (Å²) in [7, 11) is 1.49. The number of benzene rings is 1. The summed E-state index contributed by atoms with van der Waals surface area (Å²) in [5, 5.41) is 5.20. The van der Waals surface area contributed by atoms with Crippen LogP contribution in [0.5, 0.6) is 5.75 Å². The third-order valence-corrected chi connectivity index (χ3v) is 2.95. The van der Waals surface area contributed by atoms with Gasteiger partial charge in [-0.1, -0.05) is 32.8 Å². The van der Waals surface area contributed by atoms with Crippen molar-refractivity contribution in [3.63, 3.8) is 0 Å². The molecule has 0 fully saturated rings. The lowest BCUT2D eigenvalue weighted by molar-refractivity contribution is -0.119. The number of rotatable bonds is 6. The smallest absolute Gasteiger partial charge is 0.410 e. The second-order valence-electron chi connectivity index (χ2n) is 4.70. The fourth-order valence-corrected chi connectivity index (χ4v) is 1.70. The Morgan fingerprint density at radius 2 is 2.10 bits per heavy atom. The minimum absolute atomic E-state index is 0.0180. The number of ether oxygens (including phenoxy) is 1. The standard InChI is InChI=1S/C15H22N2O3/c1-4-5-7-11(2)14(18)17-12-8-6-9-13(10-12)20-15(19)16-3/h6,8-11H,4-5,7H2,1-3H3,(H,16,19)(H,17,18). The van der Waals surface area contributed by atoms with Crippen molar-refractivity contribution in [2.75, 3.05) is 12.4 Å². The Kier molecular flexibility index (Phi) is 6.56. The summed E-state index contributed by atoms with van der Waals surface area (Å²) in [6, 6.07) is 6.77. The van der Waals surface area contributed by atoms with Gasteiger partial charge in [0.2, 0.25) is 5.91 Å². The van der Waals surface area contributed by atoms with Gasteiger partial charge >= 0.3 is 6.09 Å². The summed E-state index contributed by atoms with van der Waals surface area (Å²) in [4.78, 5) is 23.1. The zero-order chi connectivity index (χ0) is 15.0. The maximum atomic E-state index is 12.0. The number of nitrogens with one attached hydrogen (secondary N) is 2. The minimum atomic E-state index is -0.537. The first kappa shape index (κ1) is 16.0. The fraction of sp³-hybridized carbons (Fsp3) is 0.467. The van der Waals surface area contributed by atoms with Crippen LogP contribution in [0, 0.1) is 5.92 Å². The van der Waals surface area contributed by atoms with Gasteiger partial charge in [-0.25, -0.2) is 4.79 Å². The molecule has 0 heterocycles. The number of anilines is 1. The molecule has 2 N–H and O–H groups in total. The molecular formula is C15H22N2O3. The van der Waals surface area contributed by atoms with Crippen LogP contribution < -0.4 is 15.4 Å². The Labute approximate surface area is 119 Å². The van der Waals surface area contributed by atoms with Gasteiger partial charge in [0.25, 0.3) is 0 Å².